The number of benzene rings is 3. The Bertz CT molecular complexity index is 1250. The molecular formula is C20H9Cl2NO2. The fraction of sp³-hybridized carbons (Fsp3) is 0. The molecule has 3 aromatic carbocycles. The maximum absolute atomic E-state index is 12.4. The molecule has 0 radical (unpaired) electrons. The van der Waals surface area contributed by atoms with Crippen LogP contribution in [0.3, 0.4) is 0 Å². The average molecular weight is 366 g/mol. The van der Waals surface area contributed by atoms with Gasteiger partial charge in [0.05, 0.1) is 10.0 Å². The predicted molar refractivity (Wildman–Crippen MR) is 100 cm³/mol. The van der Waals surface area contributed by atoms with Gasteiger partial charge in [-0.2, -0.15) is 5.26 Å². The lowest BCUT2D eigenvalue weighted by Gasteiger charge is -2.10. The summed E-state index contributed by atoms with van der Waals surface area (Å²) in [5, 5.41) is 12.7. The molecule has 0 atom stereocenters. The number of hydrogen-bond donors (Lipinski definition) is 0. The minimum absolute atomic E-state index is 0.0545. The summed E-state index contributed by atoms with van der Waals surface area (Å²) < 4.78 is 5.48. The largest absolute Gasteiger partial charge is 0.421 e. The van der Waals surface area contributed by atoms with E-state index < -0.39 is 5.63 Å². The fourth-order valence-corrected chi connectivity index (χ4v) is 3.28. The van der Waals surface area contributed by atoms with Gasteiger partial charge in [0.25, 0.3) is 0 Å². The number of nitrogens with zero attached hydrogens (tertiary/aromatic N) is 1. The van der Waals surface area contributed by atoms with Gasteiger partial charge in [-0.15, -0.1) is 0 Å². The molecule has 1 aromatic heterocycles. The van der Waals surface area contributed by atoms with Crippen LogP contribution in [-0.2, 0) is 0 Å². The monoisotopic (exact) mass is 365 g/mol. The Hall–Kier alpha value is -2.80. The molecule has 0 bridgehead atoms. The van der Waals surface area contributed by atoms with Gasteiger partial charge in [-0.1, -0.05) is 59.6 Å². The summed E-state index contributed by atoms with van der Waals surface area (Å²) in [4.78, 5) is 12.4. The van der Waals surface area contributed by atoms with E-state index in [1.54, 1.807) is 18.2 Å². The zero-order valence-corrected chi connectivity index (χ0v) is 14.2. The standard InChI is InChI=1S/C20H9Cl2NO2/c21-16-8-6-12(9-17(16)22)18-14-7-5-11-3-1-2-4-13(11)19(14)25-20(24)15(18)10-23/h1-9H. The van der Waals surface area contributed by atoms with Crippen molar-refractivity contribution in [3.05, 3.63) is 80.6 Å². The van der Waals surface area contributed by atoms with Gasteiger partial charge in [-0.3, -0.25) is 0 Å². The molecule has 0 fully saturated rings. The molecule has 0 saturated heterocycles. The molecule has 1 heterocycles. The van der Waals surface area contributed by atoms with Crippen LogP contribution in [0.5, 0.6) is 0 Å². The number of nitriles is 1. The minimum Gasteiger partial charge on any atom is -0.421 e. The number of rotatable bonds is 1. The van der Waals surface area contributed by atoms with Gasteiger partial charge in [0, 0.05) is 16.3 Å². The maximum Gasteiger partial charge on any atom is 0.354 e. The van der Waals surface area contributed by atoms with Crippen LogP contribution in [0, 0.1) is 11.3 Å². The second-order valence-corrected chi connectivity index (χ2v) is 6.36. The molecule has 3 nitrogen and oxygen atoms in total. The highest BCUT2D eigenvalue weighted by Gasteiger charge is 2.18. The van der Waals surface area contributed by atoms with E-state index in [4.69, 9.17) is 27.6 Å². The number of halogens is 2. The van der Waals surface area contributed by atoms with Gasteiger partial charge in [0.2, 0.25) is 0 Å². The van der Waals surface area contributed by atoms with Crippen molar-refractivity contribution >= 4 is 44.9 Å². The molecule has 0 saturated carbocycles. The van der Waals surface area contributed by atoms with Gasteiger partial charge >= 0.3 is 5.63 Å². The third-order valence-corrected chi connectivity index (χ3v) is 4.86. The fourth-order valence-electron chi connectivity index (χ4n) is 2.98. The summed E-state index contributed by atoms with van der Waals surface area (Å²) in [6.45, 7) is 0. The molecule has 120 valence electrons. The molecule has 0 aliphatic heterocycles. The summed E-state index contributed by atoms with van der Waals surface area (Å²) in [6, 6.07) is 18.4. The highest BCUT2D eigenvalue weighted by atomic mass is 35.5. The molecule has 4 aromatic rings. The van der Waals surface area contributed by atoms with Gasteiger partial charge < -0.3 is 4.42 Å². The Balaban J connectivity index is 2.21. The molecular weight excluding hydrogens is 357 g/mol. The quantitative estimate of drug-likeness (QED) is 0.316. The Morgan fingerprint density at radius 1 is 0.920 bits per heavy atom. The van der Waals surface area contributed by atoms with Crippen molar-refractivity contribution in [2.75, 3.05) is 0 Å². The van der Waals surface area contributed by atoms with Crippen LogP contribution in [0.1, 0.15) is 5.56 Å². The average Bonchev–Trinajstić information content (AvgIpc) is 2.63. The van der Waals surface area contributed by atoms with Crippen LogP contribution >= 0.6 is 23.2 Å². The van der Waals surface area contributed by atoms with Crippen LogP contribution in [0.2, 0.25) is 10.0 Å². The summed E-state index contributed by atoms with van der Waals surface area (Å²) in [6.07, 6.45) is 0. The number of fused-ring (bicyclic) bond motifs is 3. The summed E-state index contributed by atoms with van der Waals surface area (Å²) in [5.41, 5.74) is 0.856. The smallest absolute Gasteiger partial charge is 0.354 e. The molecule has 0 N–H and O–H groups in total. The topological polar surface area (TPSA) is 54.0 Å². The van der Waals surface area contributed by atoms with Crippen LogP contribution in [0.4, 0.5) is 0 Å². The van der Waals surface area contributed by atoms with E-state index in [9.17, 15) is 10.1 Å². The lowest BCUT2D eigenvalue weighted by Crippen LogP contribution is -2.07. The molecule has 25 heavy (non-hydrogen) atoms. The Morgan fingerprint density at radius 3 is 2.48 bits per heavy atom. The van der Waals surface area contributed by atoms with E-state index in [0.717, 1.165) is 10.8 Å². The second-order valence-electron chi connectivity index (χ2n) is 5.54. The van der Waals surface area contributed by atoms with Crippen molar-refractivity contribution in [3.63, 3.8) is 0 Å². The Labute approximate surface area is 152 Å². The maximum atomic E-state index is 12.4. The van der Waals surface area contributed by atoms with Crippen molar-refractivity contribution in [1.82, 2.24) is 0 Å². The summed E-state index contributed by atoms with van der Waals surface area (Å²) >= 11 is 12.1. The predicted octanol–water partition coefficient (Wildman–Crippen LogP) is 5.79. The van der Waals surface area contributed by atoms with E-state index in [1.165, 1.54) is 0 Å². The third-order valence-electron chi connectivity index (χ3n) is 4.12. The number of hydrogen-bond acceptors (Lipinski definition) is 3. The van der Waals surface area contributed by atoms with Gasteiger partial charge in [-0.05, 0) is 29.1 Å². The van der Waals surface area contributed by atoms with Gasteiger partial charge in [-0.25, -0.2) is 4.79 Å². The molecule has 0 unspecified atom stereocenters. The van der Waals surface area contributed by atoms with Crippen molar-refractivity contribution < 1.29 is 4.42 Å². The Kier molecular flexibility index (Phi) is 3.73. The van der Waals surface area contributed by atoms with E-state index >= 15 is 0 Å². The van der Waals surface area contributed by atoms with Crippen LogP contribution < -0.4 is 5.63 Å². The minimum atomic E-state index is -0.674. The first kappa shape index (κ1) is 15.7. The second kappa shape index (κ2) is 5.93. The lowest BCUT2D eigenvalue weighted by atomic mass is 9.95. The summed E-state index contributed by atoms with van der Waals surface area (Å²) in [7, 11) is 0. The SMILES string of the molecule is N#Cc1c(-c2ccc(Cl)c(Cl)c2)c2ccc3ccccc3c2oc1=O. The van der Waals surface area contributed by atoms with E-state index in [0.29, 0.717) is 32.1 Å². The lowest BCUT2D eigenvalue weighted by molar-refractivity contribution is 0.562. The Morgan fingerprint density at radius 2 is 1.72 bits per heavy atom. The van der Waals surface area contributed by atoms with E-state index in [-0.39, 0.29) is 5.56 Å². The van der Waals surface area contributed by atoms with E-state index in [2.05, 4.69) is 0 Å². The molecule has 0 aliphatic rings. The highest BCUT2D eigenvalue weighted by Crippen LogP contribution is 2.36. The molecule has 0 amide bonds. The van der Waals surface area contributed by atoms with Crippen molar-refractivity contribution in [3.8, 4) is 17.2 Å². The summed E-state index contributed by atoms with van der Waals surface area (Å²) in [5.74, 6) is 0. The highest BCUT2D eigenvalue weighted by molar-refractivity contribution is 6.42. The van der Waals surface area contributed by atoms with Crippen LogP contribution in [0.25, 0.3) is 32.9 Å². The van der Waals surface area contributed by atoms with Crippen LogP contribution in [0.15, 0.2) is 63.8 Å². The van der Waals surface area contributed by atoms with Gasteiger partial charge in [0.1, 0.15) is 17.2 Å². The van der Waals surface area contributed by atoms with Crippen molar-refractivity contribution in [1.29, 1.82) is 5.26 Å². The molecule has 0 aliphatic carbocycles. The zero-order chi connectivity index (χ0) is 17.6. The first-order valence-electron chi connectivity index (χ1n) is 7.44. The van der Waals surface area contributed by atoms with Gasteiger partial charge in [0.15, 0.2) is 0 Å². The van der Waals surface area contributed by atoms with Crippen molar-refractivity contribution in [2.24, 2.45) is 0 Å². The van der Waals surface area contributed by atoms with E-state index in [1.807, 2.05) is 42.5 Å². The normalized spacial score (nSPS) is 10.9. The molecule has 5 heteroatoms. The van der Waals surface area contributed by atoms with Crippen LogP contribution in [-0.4, -0.2) is 0 Å². The molecule has 4 rings (SSSR count). The van der Waals surface area contributed by atoms with Crippen molar-refractivity contribution in [2.45, 2.75) is 0 Å². The zero-order valence-electron chi connectivity index (χ0n) is 12.7. The first-order chi connectivity index (χ1) is 12.1. The molecule has 0 spiro atoms. The first-order valence-corrected chi connectivity index (χ1v) is 8.20. The third kappa shape index (κ3) is 2.47.